The van der Waals surface area contributed by atoms with Crippen molar-refractivity contribution in [2.45, 2.75) is 76.7 Å². The van der Waals surface area contributed by atoms with Gasteiger partial charge in [-0.25, -0.2) is 0 Å². The van der Waals surface area contributed by atoms with Crippen molar-refractivity contribution in [1.82, 2.24) is 15.5 Å². The summed E-state index contributed by atoms with van der Waals surface area (Å²) in [6, 6.07) is 0.436. The van der Waals surface area contributed by atoms with Crippen molar-refractivity contribution < 1.29 is 4.52 Å². The summed E-state index contributed by atoms with van der Waals surface area (Å²) in [7, 11) is 1.99. The largest absolute Gasteiger partial charge is 0.339 e. The second-order valence-electron chi connectivity index (χ2n) is 5.69. The van der Waals surface area contributed by atoms with Gasteiger partial charge in [-0.05, 0) is 26.3 Å². The van der Waals surface area contributed by atoms with Gasteiger partial charge in [0.15, 0.2) is 5.82 Å². The second-order valence-corrected chi connectivity index (χ2v) is 5.69. The Labute approximate surface area is 116 Å². The summed E-state index contributed by atoms with van der Waals surface area (Å²) in [6.07, 6.45) is 11.1. The van der Waals surface area contributed by atoms with Gasteiger partial charge < -0.3 is 9.84 Å². The lowest BCUT2D eigenvalue weighted by molar-refractivity contribution is 0.347. The standard InChI is InChI=1S/C15H27N3O/c1-3-13(16-2)11-14-17-15(18-19-14)12-9-7-5-4-6-8-10-12/h12-13,16H,3-11H2,1-2H3. The molecule has 0 radical (unpaired) electrons. The molecule has 1 aromatic heterocycles. The molecule has 1 atom stereocenters. The van der Waals surface area contributed by atoms with Crippen molar-refractivity contribution in [3.8, 4) is 0 Å². The Hall–Kier alpha value is -0.900. The van der Waals surface area contributed by atoms with Crippen molar-refractivity contribution in [2.24, 2.45) is 0 Å². The molecule has 19 heavy (non-hydrogen) atoms. The van der Waals surface area contributed by atoms with Gasteiger partial charge >= 0.3 is 0 Å². The average molecular weight is 265 g/mol. The number of hydrogen-bond acceptors (Lipinski definition) is 4. The lowest BCUT2D eigenvalue weighted by Crippen LogP contribution is -2.26. The topological polar surface area (TPSA) is 51.0 Å². The minimum absolute atomic E-state index is 0.436. The van der Waals surface area contributed by atoms with E-state index < -0.39 is 0 Å². The van der Waals surface area contributed by atoms with E-state index >= 15 is 0 Å². The summed E-state index contributed by atoms with van der Waals surface area (Å²) in [5.74, 6) is 2.26. The first-order valence-electron chi connectivity index (χ1n) is 7.83. The van der Waals surface area contributed by atoms with Gasteiger partial charge in [-0.1, -0.05) is 44.2 Å². The maximum absolute atomic E-state index is 5.42. The highest BCUT2D eigenvalue weighted by atomic mass is 16.5. The molecule has 1 heterocycles. The molecule has 1 aliphatic rings. The predicted molar refractivity (Wildman–Crippen MR) is 76.2 cm³/mol. The van der Waals surface area contributed by atoms with Crippen molar-refractivity contribution in [2.75, 3.05) is 7.05 Å². The summed E-state index contributed by atoms with van der Waals surface area (Å²) in [4.78, 5) is 4.62. The monoisotopic (exact) mass is 265 g/mol. The Kier molecular flexibility index (Phi) is 5.83. The van der Waals surface area contributed by atoms with Crippen LogP contribution in [0, 0.1) is 0 Å². The number of nitrogens with one attached hydrogen (secondary N) is 1. The average Bonchev–Trinajstić information content (AvgIpc) is 2.84. The normalized spacial score (nSPS) is 19.9. The van der Waals surface area contributed by atoms with E-state index in [0.717, 1.165) is 24.6 Å². The number of nitrogens with zero attached hydrogens (tertiary/aromatic N) is 2. The van der Waals surface area contributed by atoms with Crippen LogP contribution in [0.5, 0.6) is 0 Å². The lowest BCUT2D eigenvalue weighted by Gasteiger charge is -2.15. The number of hydrogen-bond donors (Lipinski definition) is 1. The van der Waals surface area contributed by atoms with E-state index in [0.29, 0.717) is 12.0 Å². The highest BCUT2D eigenvalue weighted by molar-refractivity contribution is 4.97. The van der Waals surface area contributed by atoms with Crippen LogP contribution in [-0.2, 0) is 6.42 Å². The van der Waals surface area contributed by atoms with Gasteiger partial charge in [-0.2, -0.15) is 4.98 Å². The molecular weight excluding hydrogens is 238 g/mol. The first kappa shape index (κ1) is 14.5. The van der Waals surface area contributed by atoms with Gasteiger partial charge in [0.05, 0.1) is 0 Å². The first-order chi connectivity index (χ1) is 9.33. The van der Waals surface area contributed by atoms with Crippen LogP contribution in [0.15, 0.2) is 4.52 Å². The molecular formula is C15H27N3O. The molecule has 4 nitrogen and oxygen atoms in total. The van der Waals surface area contributed by atoms with Gasteiger partial charge in [0.25, 0.3) is 0 Å². The zero-order chi connectivity index (χ0) is 13.5. The minimum Gasteiger partial charge on any atom is -0.339 e. The molecule has 0 amide bonds. The highest BCUT2D eigenvalue weighted by Gasteiger charge is 2.20. The minimum atomic E-state index is 0.436. The lowest BCUT2D eigenvalue weighted by atomic mass is 9.91. The van der Waals surface area contributed by atoms with Gasteiger partial charge in [0.2, 0.25) is 5.89 Å². The van der Waals surface area contributed by atoms with E-state index in [9.17, 15) is 0 Å². The van der Waals surface area contributed by atoms with Crippen molar-refractivity contribution >= 4 is 0 Å². The third-order valence-electron chi connectivity index (χ3n) is 4.28. The van der Waals surface area contributed by atoms with Crippen LogP contribution in [0.1, 0.15) is 75.9 Å². The zero-order valence-corrected chi connectivity index (χ0v) is 12.3. The molecule has 108 valence electrons. The Bertz CT molecular complexity index is 352. The molecule has 0 aliphatic heterocycles. The smallest absolute Gasteiger partial charge is 0.228 e. The molecule has 1 fully saturated rings. The molecule has 0 aromatic carbocycles. The number of aromatic nitrogens is 2. The number of rotatable bonds is 5. The van der Waals surface area contributed by atoms with E-state index in [2.05, 4.69) is 22.4 Å². The fraction of sp³-hybridized carbons (Fsp3) is 0.867. The zero-order valence-electron chi connectivity index (χ0n) is 12.3. The number of likely N-dealkylation sites (N-methyl/N-ethyl adjacent to an activating group) is 1. The van der Waals surface area contributed by atoms with E-state index in [1.54, 1.807) is 0 Å². The third-order valence-corrected chi connectivity index (χ3v) is 4.28. The third kappa shape index (κ3) is 4.30. The fourth-order valence-corrected chi connectivity index (χ4v) is 2.89. The SMILES string of the molecule is CCC(Cc1nc(C2CCCCCCC2)no1)NC. The quantitative estimate of drug-likeness (QED) is 0.886. The molecule has 1 N–H and O–H groups in total. The Balaban J connectivity index is 1.94. The fourth-order valence-electron chi connectivity index (χ4n) is 2.89. The molecule has 2 rings (SSSR count). The molecule has 1 saturated carbocycles. The maximum Gasteiger partial charge on any atom is 0.228 e. The van der Waals surface area contributed by atoms with Gasteiger partial charge in [-0.15, -0.1) is 0 Å². The van der Waals surface area contributed by atoms with Crippen LogP contribution in [0.3, 0.4) is 0 Å². The van der Waals surface area contributed by atoms with Crippen LogP contribution in [0.25, 0.3) is 0 Å². The molecule has 4 heteroatoms. The van der Waals surface area contributed by atoms with E-state index in [4.69, 9.17) is 4.52 Å². The van der Waals surface area contributed by atoms with Gasteiger partial charge in [0, 0.05) is 18.4 Å². The first-order valence-corrected chi connectivity index (χ1v) is 7.83. The summed E-state index contributed by atoms with van der Waals surface area (Å²) in [6.45, 7) is 2.17. The van der Waals surface area contributed by atoms with Crippen molar-refractivity contribution in [1.29, 1.82) is 0 Å². The van der Waals surface area contributed by atoms with E-state index in [1.165, 1.54) is 44.9 Å². The highest BCUT2D eigenvalue weighted by Crippen LogP contribution is 2.29. The Morgan fingerprint density at radius 2 is 1.89 bits per heavy atom. The molecule has 0 bridgehead atoms. The maximum atomic E-state index is 5.42. The predicted octanol–water partition coefficient (Wildman–Crippen LogP) is 3.44. The second kappa shape index (κ2) is 7.63. The van der Waals surface area contributed by atoms with Gasteiger partial charge in [-0.3, -0.25) is 0 Å². The summed E-state index contributed by atoms with van der Waals surface area (Å²) in [5.41, 5.74) is 0. The van der Waals surface area contributed by atoms with Crippen LogP contribution in [0.2, 0.25) is 0 Å². The van der Waals surface area contributed by atoms with Crippen molar-refractivity contribution in [3.63, 3.8) is 0 Å². The summed E-state index contributed by atoms with van der Waals surface area (Å²) < 4.78 is 5.42. The van der Waals surface area contributed by atoms with Crippen molar-refractivity contribution in [3.05, 3.63) is 11.7 Å². The molecule has 1 unspecified atom stereocenters. The summed E-state index contributed by atoms with van der Waals surface area (Å²) >= 11 is 0. The van der Waals surface area contributed by atoms with Gasteiger partial charge in [0.1, 0.15) is 0 Å². The van der Waals surface area contributed by atoms with Crippen LogP contribution in [0.4, 0.5) is 0 Å². The van der Waals surface area contributed by atoms with Crippen LogP contribution >= 0.6 is 0 Å². The summed E-state index contributed by atoms with van der Waals surface area (Å²) in [5, 5.41) is 7.50. The molecule has 1 aromatic rings. The molecule has 0 spiro atoms. The molecule has 0 saturated heterocycles. The van der Waals surface area contributed by atoms with E-state index in [-0.39, 0.29) is 0 Å². The van der Waals surface area contributed by atoms with Crippen LogP contribution in [-0.4, -0.2) is 23.2 Å². The Morgan fingerprint density at radius 3 is 2.53 bits per heavy atom. The van der Waals surface area contributed by atoms with E-state index in [1.807, 2.05) is 7.05 Å². The molecule has 1 aliphatic carbocycles. The Morgan fingerprint density at radius 1 is 1.21 bits per heavy atom. The van der Waals surface area contributed by atoms with Crippen LogP contribution < -0.4 is 5.32 Å².